The van der Waals surface area contributed by atoms with Gasteiger partial charge in [-0.15, -0.1) is 0 Å². The van der Waals surface area contributed by atoms with Crippen molar-refractivity contribution in [3.63, 3.8) is 0 Å². The first-order chi connectivity index (χ1) is 12.7. The third-order valence-electron chi connectivity index (χ3n) is 3.53. The highest BCUT2D eigenvalue weighted by Crippen LogP contribution is 2.08. The maximum atomic E-state index is 10.3. The van der Waals surface area contributed by atoms with Crippen LogP contribution in [0, 0.1) is 0 Å². The fraction of sp³-hybridized carbons (Fsp3) is 0.409. The van der Waals surface area contributed by atoms with E-state index >= 15 is 0 Å². The Hall–Kier alpha value is -2.33. The summed E-state index contributed by atoms with van der Waals surface area (Å²) in [5.41, 5.74) is 0. The van der Waals surface area contributed by atoms with E-state index in [1.807, 2.05) is 6.08 Å². The van der Waals surface area contributed by atoms with E-state index in [0.717, 1.165) is 12.5 Å². The van der Waals surface area contributed by atoms with E-state index in [4.69, 9.17) is 10.4 Å². The van der Waals surface area contributed by atoms with Crippen LogP contribution < -0.4 is 0 Å². The second kappa shape index (κ2) is 19.0. The van der Waals surface area contributed by atoms with Gasteiger partial charge >= 0.3 is 5.97 Å². The van der Waals surface area contributed by atoms with E-state index in [9.17, 15) is 4.79 Å². The van der Waals surface area contributed by atoms with Gasteiger partial charge in [-0.2, -0.15) is 0 Å². The van der Waals surface area contributed by atoms with E-state index in [1.54, 1.807) is 42.5 Å². The van der Waals surface area contributed by atoms with Crippen LogP contribution in [-0.2, 0) is 9.68 Å². The molecular formula is C22H32O4. The summed E-state index contributed by atoms with van der Waals surface area (Å²) in [6.45, 7) is 2.23. The number of rotatable bonds is 15. The maximum absolute atomic E-state index is 10.3. The molecule has 0 spiro atoms. The van der Waals surface area contributed by atoms with Crippen molar-refractivity contribution in [2.24, 2.45) is 0 Å². The van der Waals surface area contributed by atoms with Crippen LogP contribution in [0.3, 0.4) is 0 Å². The molecule has 2 N–H and O–H groups in total. The summed E-state index contributed by atoms with van der Waals surface area (Å²) < 4.78 is 0. The number of aliphatic carboxylic acids is 1. The Labute approximate surface area is 157 Å². The molecule has 0 unspecified atom stereocenters. The Morgan fingerprint density at radius 2 is 1.38 bits per heavy atom. The summed E-state index contributed by atoms with van der Waals surface area (Å²) in [4.78, 5) is 14.6. The number of hydrogen-bond donors (Lipinski definition) is 2. The Balaban J connectivity index is 3.98. The second-order valence-electron chi connectivity index (χ2n) is 5.82. The fourth-order valence-corrected chi connectivity index (χ4v) is 2.14. The third kappa shape index (κ3) is 18.0. The van der Waals surface area contributed by atoms with Crippen LogP contribution >= 0.6 is 0 Å². The van der Waals surface area contributed by atoms with Crippen molar-refractivity contribution < 1.29 is 20.0 Å². The van der Waals surface area contributed by atoms with Gasteiger partial charge in [0, 0.05) is 6.08 Å². The molecule has 0 rings (SSSR count). The summed E-state index contributed by atoms with van der Waals surface area (Å²) in [5.74, 6) is -0.631. The summed E-state index contributed by atoms with van der Waals surface area (Å²) in [6, 6.07) is 0. The molecule has 0 aromatic carbocycles. The molecule has 0 saturated carbocycles. The lowest BCUT2D eigenvalue weighted by molar-refractivity contribution is -0.198. The molecule has 0 bridgehead atoms. The zero-order valence-electron chi connectivity index (χ0n) is 15.7. The zero-order valence-corrected chi connectivity index (χ0v) is 15.7. The van der Waals surface area contributed by atoms with E-state index in [0.29, 0.717) is 5.76 Å². The molecular weight excluding hydrogens is 328 g/mol. The first-order valence-electron chi connectivity index (χ1n) is 9.30. The number of carboxylic acids is 1. The Morgan fingerprint density at radius 3 is 2.00 bits per heavy atom. The molecule has 0 heterocycles. The van der Waals surface area contributed by atoms with Crippen LogP contribution in [0.2, 0.25) is 0 Å². The van der Waals surface area contributed by atoms with Crippen molar-refractivity contribution in [3.8, 4) is 0 Å². The van der Waals surface area contributed by atoms with Gasteiger partial charge in [-0.25, -0.2) is 10.1 Å². The first-order valence-corrected chi connectivity index (χ1v) is 9.30. The molecule has 0 radical (unpaired) electrons. The number of allylic oxidation sites excluding steroid dienone is 10. The van der Waals surface area contributed by atoms with Gasteiger partial charge in [0.05, 0.1) is 0 Å². The smallest absolute Gasteiger partial charge is 0.328 e. The van der Waals surface area contributed by atoms with Crippen molar-refractivity contribution in [1.82, 2.24) is 0 Å². The van der Waals surface area contributed by atoms with Gasteiger partial charge in [0.25, 0.3) is 0 Å². The largest absolute Gasteiger partial charge is 0.478 e. The van der Waals surface area contributed by atoms with Crippen molar-refractivity contribution in [1.29, 1.82) is 0 Å². The average Bonchev–Trinajstić information content (AvgIpc) is 2.63. The lowest BCUT2D eigenvalue weighted by Crippen LogP contribution is -1.84. The van der Waals surface area contributed by atoms with Crippen LogP contribution in [0.15, 0.2) is 72.6 Å². The van der Waals surface area contributed by atoms with Crippen LogP contribution in [0.4, 0.5) is 0 Å². The highest BCUT2D eigenvalue weighted by Gasteiger charge is 1.90. The predicted molar refractivity (Wildman–Crippen MR) is 108 cm³/mol. The molecule has 0 aliphatic carbocycles. The van der Waals surface area contributed by atoms with Gasteiger partial charge in [-0.1, -0.05) is 94.1 Å². The minimum absolute atomic E-state index is 0.347. The Bertz CT molecular complexity index is 522. The molecule has 0 aromatic rings. The first kappa shape index (κ1) is 23.7. The molecule has 0 aromatic heterocycles. The van der Waals surface area contributed by atoms with E-state index < -0.39 is 5.97 Å². The highest BCUT2D eigenvalue weighted by molar-refractivity contribution is 5.80. The quantitative estimate of drug-likeness (QED) is 0.0889. The summed E-state index contributed by atoms with van der Waals surface area (Å²) in [5, 5.41) is 17.3. The lowest BCUT2D eigenvalue weighted by atomic mass is 10.1. The number of unbranched alkanes of at least 4 members (excludes halogenated alkanes) is 7. The molecule has 4 heteroatoms. The van der Waals surface area contributed by atoms with Gasteiger partial charge in [-0.05, 0) is 25.0 Å². The van der Waals surface area contributed by atoms with Gasteiger partial charge in [0.15, 0.2) is 5.76 Å². The van der Waals surface area contributed by atoms with Crippen LogP contribution in [0.5, 0.6) is 0 Å². The van der Waals surface area contributed by atoms with Gasteiger partial charge in [0.2, 0.25) is 0 Å². The molecule has 0 amide bonds. The molecule has 26 heavy (non-hydrogen) atoms. The minimum Gasteiger partial charge on any atom is -0.478 e. The monoisotopic (exact) mass is 360 g/mol. The van der Waals surface area contributed by atoms with Gasteiger partial charge in [0.1, 0.15) is 0 Å². The average molecular weight is 360 g/mol. The summed E-state index contributed by atoms with van der Waals surface area (Å²) in [7, 11) is 0. The highest BCUT2D eigenvalue weighted by atomic mass is 17.1. The zero-order chi connectivity index (χ0) is 19.3. The normalized spacial score (nSPS) is 13.2. The Morgan fingerprint density at radius 1 is 0.808 bits per heavy atom. The molecule has 0 atom stereocenters. The van der Waals surface area contributed by atoms with Crippen molar-refractivity contribution in [2.45, 2.75) is 58.3 Å². The maximum Gasteiger partial charge on any atom is 0.328 e. The van der Waals surface area contributed by atoms with E-state index in [1.165, 1.54) is 51.0 Å². The third-order valence-corrected chi connectivity index (χ3v) is 3.53. The van der Waals surface area contributed by atoms with E-state index in [2.05, 4.69) is 17.9 Å². The van der Waals surface area contributed by atoms with Crippen molar-refractivity contribution in [2.75, 3.05) is 0 Å². The molecule has 4 nitrogen and oxygen atoms in total. The predicted octanol–water partition coefficient (Wildman–Crippen LogP) is 6.37. The summed E-state index contributed by atoms with van der Waals surface area (Å²) in [6.07, 6.45) is 28.4. The Kier molecular flexibility index (Phi) is 17.3. The molecule has 0 fully saturated rings. The molecule has 0 aliphatic rings. The number of carbonyl (C=O) groups is 1. The van der Waals surface area contributed by atoms with Crippen LogP contribution in [-0.4, -0.2) is 16.3 Å². The minimum atomic E-state index is -0.978. The van der Waals surface area contributed by atoms with Crippen molar-refractivity contribution >= 4 is 5.97 Å². The van der Waals surface area contributed by atoms with Crippen LogP contribution in [0.1, 0.15) is 58.3 Å². The molecule has 0 saturated heterocycles. The topological polar surface area (TPSA) is 66.8 Å². The van der Waals surface area contributed by atoms with Crippen LogP contribution in [0.25, 0.3) is 0 Å². The molecule has 0 aliphatic heterocycles. The standard InChI is InChI=1S/C22H32O4/c1-2-3-4-5-6-7-8-9-12-15-18-21(26-25)19-16-13-10-11-14-17-20-22(23)24/h10-20,25H,2-9H2,1H3,(H,23,24). The molecule has 144 valence electrons. The van der Waals surface area contributed by atoms with Gasteiger partial charge in [-0.3, -0.25) is 0 Å². The SMILES string of the molecule is CCCCCCCCCC=CC=C(C=CC=CC=CC=CC(=O)O)OO. The second-order valence-corrected chi connectivity index (χ2v) is 5.82. The van der Waals surface area contributed by atoms with Crippen molar-refractivity contribution in [3.05, 3.63) is 72.6 Å². The number of hydrogen-bond acceptors (Lipinski definition) is 3. The lowest BCUT2D eigenvalue weighted by Gasteiger charge is -1.98. The van der Waals surface area contributed by atoms with Gasteiger partial charge < -0.3 is 9.99 Å². The van der Waals surface area contributed by atoms with E-state index in [-0.39, 0.29) is 0 Å². The fourth-order valence-electron chi connectivity index (χ4n) is 2.14. The summed E-state index contributed by atoms with van der Waals surface area (Å²) >= 11 is 0. The number of carboxylic acid groups (broad SMARTS) is 1.